The smallest absolute Gasteiger partial charge is 0.111 e. The third-order valence-corrected chi connectivity index (χ3v) is 5.50. The molecule has 0 rings (SSSR count). The Morgan fingerprint density at radius 3 is 1.25 bits per heavy atom. The van der Waals surface area contributed by atoms with Gasteiger partial charge in [-0.25, -0.2) is 8.42 Å². The third-order valence-electron chi connectivity index (χ3n) is 1.15. The second-order valence-electron chi connectivity index (χ2n) is 3.73. The monoisotopic (exact) mass is 210 g/mol. The van der Waals surface area contributed by atoms with Gasteiger partial charge in [0.05, 0.1) is 0 Å². The van der Waals surface area contributed by atoms with Crippen molar-refractivity contribution < 1.29 is 8.42 Å². The van der Waals surface area contributed by atoms with E-state index in [1.165, 1.54) is 0 Å². The van der Waals surface area contributed by atoms with Crippen LogP contribution in [0.4, 0.5) is 0 Å². The molecule has 0 aliphatic heterocycles. The van der Waals surface area contributed by atoms with Gasteiger partial charge in [0.25, 0.3) is 0 Å². The van der Waals surface area contributed by atoms with Crippen molar-refractivity contribution in [1.82, 2.24) is 0 Å². The van der Waals surface area contributed by atoms with Crippen molar-refractivity contribution in [3.8, 4) is 0 Å². The first-order valence-electron chi connectivity index (χ1n) is 4.20. The molecule has 0 radical (unpaired) electrons. The molecule has 0 aromatic heterocycles. The van der Waals surface area contributed by atoms with Crippen LogP contribution in [0.15, 0.2) is 0 Å². The van der Waals surface area contributed by atoms with Crippen LogP contribution in [-0.2, 0) is 19.7 Å². The standard InChI is InChI=1S/C8H18O2S2/c1-7(2)5-11(9)12(10)6-8(3)4/h7-8H,5-6H2,1-4H3. The highest BCUT2D eigenvalue weighted by atomic mass is 33.1. The molecule has 0 heterocycles. The highest BCUT2D eigenvalue weighted by Crippen LogP contribution is 2.04. The van der Waals surface area contributed by atoms with E-state index >= 15 is 0 Å². The van der Waals surface area contributed by atoms with E-state index in [4.69, 9.17) is 0 Å². The predicted molar refractivity (Wildman–Crippen MR) is 55.7 cm³/mol. The molecular formula is C8H18O2S2. The quantitative estimate of drug-likeness (QED) is 0.647. The lowest BCUT2D eigenvalue weighted by Crippen LogP contribution is -2.14. The molecule has 2 unspecified atom stereocenters. The number of hydrogen-bond acceptors (Lipinski definition) is 2. The summed E-state index contributed by atoms with van der Waals surface area (Å²) in [6.07, 6.45) is 0. The molecule has 0 spiro atoms. The first-order valence-corrected chi connectivity index (χ1v) is 7.36. The Bertz CT molecular complexity index is 156. The van der Waals surface area contributed by atoms with Gasteiger partial charge in [-0.3, -0.25) is 0 Å². The lowest BCUT2D eigenvalue weighted by molar-refractivity contribution is 0.657. The van der Waals surface area contributed by atoms with Crippen molar-refractivity contribution in [1.29, 1.82) is 0 Å². The van der Waals surface area contributed by atoms with Crippen LogP contribution >= 0.6 is 0 Å². The first kappa shape index (κ1) is 12.3. The summed E-state index contributed by atoms with van der Waals surface area (Å²) in [7, 11) is -2.29. The molecule has 2 nitrogen and oxygen atoms in total. The van der Waals surface area contributed by atoms with Crippen molar-refractivity contribution in [2.75, 3.05) is 11.5 Å². The van der Waals surface area contributed by atoms with Crippen LogP contribution in [0.25, 0.3) is 0 Å². The first-order chi connectivity index (χ1) is 5.43. The second kappa shape index (κ2) is 5.86. The largest absolute Gasteiger partial charge is 0.245 e. The third kappa shape index (κ3) is 5.89. The summed E-state index contributed by atoms with van der Waals surface area (Å²) in [5.41, 5.74) is 0. The Morgan fingerprint density at radius 1 is 0.833 bits per heavy atom. The van der Waals surface area contributed by atoms with Crippen molar-refractivity contribution in [2.24, 2.45) is 11.8 Å². The van der Waals surface area contributed by atoms with Crippen LogP contribution in [0.2, 0.25) is 0 Å². The lowest BCUT2D eigenvalue weighted by Gasteiger charge is -2.06. The molecule has 2 atom stereocenters. The maximum Gasteiger partial charge on any atom is 0.111 e. The molecule has 0 amide bonds. The minimum absolute atomic E-state index is 0.363. The molecular weight excluding hydrogens is 192 g/mol. The predicted octanol–water partition coefficient (Wildman–Crippen LogP) is 1.71. The van der Waals surface area contributed by atoms with Gasteiger partial charge in [-0.1, -0.05) is 27.7 Å². The zero-order chi connectivity index (χ0) is 9.72. The van der Waals surface area contributed by atoms with Crippen LogP contribution in [-0.4, -0.2) is 19.9 Å². The summed E-state index contributed by atoms with van der Waals surface area (Å²) < 4.78 is 22.6. The molecule has 74 valence electrons. The molecule has 0 aliphatic carbocycles. The maximum absolute atomic E-state index is 11.3. The van der Waals surface area contributed by atoms with Gasteiger partial charge in [0, 0.05) is 11.5 Å². The number of rotatable bonds is 5. The molecule has 0 aliphatic rings. The van der Waals surface area contributed by atoms with Gasteiger partial charge in [-0.15, -0.1) is 0 Å². The van der Waals surface area contributed by atoms with Gasteiger partial charge in [-0.05, 0) is 11.8 Å². The Balaban J connectivity index is 3.86. The lowest BCUT2D eigenvalue weighted by atomic mass is 10.3. The van der Waals surface area contributed by atoms with Crippen LogP contribution in [0.5, 0.6) is 0 Å². The van der Waals surface area contributed by atoms with Crippen LogP contribution < -0.4 is 0 Å². The summed E-state index contributed by atoms with van der Waals surface area (Å²) >= 11 is 0. The molecule has 0 saturated carbocycles. The Morgan fingerprint density at radius 2 is 1.08 bits per heavy atom. The Labute approximate surface area is 79.4 Å². The van der Waals surface area contributed by atoms with E-state index < -0.39 is 19.7 Å². The summed E-state index contributed by atoms with van der Waals surface area (Å²) in [4.78, 5) is 0. The second-order valence-corrected chi connectivity index (χ2v) is 7.84. The van der Waals surface area contributed by atoms with Gasteiger partial charge in [0.15, 0.2) is 0 Å². The van der Waals surface area contributed by atoms with E-state index in [0.29, 0.717) is 23.3 Å². The summed E-state index contributed by atoms with van der Waals surface area (Å²) in [5.74, 6) is 1.84. The van der Waals surface area contributed by atoms with E-state index in [2.05, 4.69) is 0 Å². The highest BCUT2D eigenvalue weighted by molar-refractivity contribution is 8.61. The van der Waals surface area contributed by atoms with E-state index in [0.717, 1.165) is 0 Å². The van der Waals surface area contributed by atoms with Gasteiger partial charge in [-0.2, -0.15) is 0 Å². The minimum Gasteiger partial charge on any atom is -0.245 e. The van der Waals surface area contributed by atoms with Crippen molar-refractivity contribution in [3.63, 3.8) is 0 Å². The zero-order valence-corrected chi connectivity index (χ0v) is 9.83. The molecule has 0 fully saturated rings. The van der Waals surface area contributed by atoms with Gasteiger partial charge in [0.1, 0.15) is 19.7 Å². The van der Waals surface area contributed by atoms with Crippen LogP contribution in [0.1, 0.15) is 27.7 Å². The summed E-state index contributed by atoms with van der Waals surface area (Å²) in [6.45, 7) is 7.96. The van der Waals surface area contributed by atoms with E-state index in [1.807, 2.05) is 27.7 Å². The SMILES string of the molecule is CC(C)CS(=O)S(=O)CC(C)C. The minimum atomic E-state index is -1.14. The fraction of sp³-hybridized carbons (Fsp3) is 1.00. The Kier molecular flexibility index (Phi) is 6.01. The molecule has 0 saturated heterocycles. The molecule has 0 aromatic rings. The zero-order valence-electron chi connectivity index (χ0n) is 8.20. The fourth-order valence-corrected chi connectivity index (χ4v) is 4.63. The fourth-order valence-electron chi connectivity index (χ4n) is 0.696. The molecule has 0 bridgehead atoms. The van der Waals surface area contributed by atoms with Gasteiger partial charge in [0.2, 0.25) is 0 Å². The van der Waals surface area contributed by atoms with E-state index in [-0.39, 0.29) is 0 Å². The molecule has 0 aromatic carbocycles. The van der Waals surface area contributed by atoms with Crippen molar-refractivity contribution in [3.05, 3.63) is 0 Å². The average molecular weight is 210 g/mol. The van der Waals surface area contributed by atoms with E-state index in [1.54, 1.807) is 0 Å². The molecule has 4 heteroatoms. The van der Waals surface area contributed by atoms with Crippen LogP contribution in [0.3, 0.4) is 0 Å². The van der Waals surface area contributed by atoms with Crippen molar-refractivity contribution in [2.45, 2.75) is 27.7 Å². The van der Waals surface area contributed by atoms with Gasteiger partial charge >= 0.3 is 0 Å². The van der Waals surface area contributed by atoms with E-state index in [9.17, 15) is 8.42 Å². The van der Waals surface area contributed by atoms with Crippen molar-refractivity contribution >= 4 is 19.7 Å². The molecule has 12 heavy (non-hydrogen) atoms. The van der Waals surface area contributed by atoms with Crippen LogP contribution in [0, 0.1) is 11.8 Å². The highest BCUT2D eigenvalue weighted by Gasteiger charge is 2.12. The summed E-state index contributed by atoms with van der Waals surface area (Å²) in [6, 6.07) is 0. The van der Waals surface area contributed by atoms with Gasteiger partial charge < -0.3 is 0 Å². The maximum atomic E-state index is 11.3. The number of hydrogen-bond donors (Lipinski definition) is 0. The normalized spacial score (nSPS) is 16.8. The Hall–Kier alpha value is 0.300. The average Bonchev–Trinajstić information content (AvgIpc) is 1.84. The molecule has 0 N–H and O–H groups in total. The topological polar surface area (TPSA) is 34.1 Å². The summed E-state index contributed by atoms with van der Waals surface area (Å²) in [5, 5.41) is 0.